The van der Waals surface area contributed by atoms with E-state index in [1.165, 1.54) is 83.5 Å². The van der Waals surface area contributed by atoms with E-state index in [2.05, 4.69) is 61.4 Å². The Bertz CT molecular complexity index is 633. The molecule has 0 rings (SSSR count). The van der Waals surface area contributed by atoms with Gasteiger partial charge in [-0.1, -0.05) is 113 Å². The van der Waals surface area contributed by atoms with E-state index in [9.17, 15) is 8.42 Å². The molecule has 0 amide bonds. The maximum atomic E-state index is 12.3. The Hall–Kier alpha value is 0.0500. The van der Waals surface area contributed by atoms with Crippen molar-refractivity contribution in [1.29, 1.82) is 5.26 Å². The maximum absolute atomic E-state index is 12.3. The molecule has 0 radical (unpaired) electrons. The number of ether oxygens (including phenoxy) is 1. The predicted molar refractivity (Wildman–Crippen MR) is 157 cm³/mol. The molecule has 0 aliphatic rings. The second-order valence-electron chi connectivity index (χ2n) is 11.0. The zero-order valence-corrected chi connectivity index (χ0v) is 26.2. The number of hydrogen-bond donors (Lipinski definition) is 1. The quantitative estimate of drug-likeness (QED) is 0.0523. The molecule has 0 saturated heterocycles. The summed E-state index contributed by atoms with van der Waals surface area (Å²) >= 11 is 2.21. The fourth-order valence-corrected chi connectivity index (χ4v) is 5.92. The number of nitriles is 1. The molecule has 208 valence electrons. The van der Waals surface area contributed by atoms with Gasteiger partial charge in [0.15, 0.2) is 0 Å². The zero-order valence-electron chi connectivity index (χ0n) is 23.2. The molecule has 2 atom stereocenters. The lowest BCUT2D eigenvalue weighted by Gasteiger charge is -2.24. The standard InChI is InChI=1S/C27H55IN3O3S/c1-5-6-7-8-9-10-11-12-13-14-15-16-17-18-23-34-27(28)26(20-21-29)25-30-35(32,33)24-19-22-31(2,3)4/h26-27,30H,5-20,22-25H2,1-4H3/q+1. The Kier molecular flexibility index (Phi) is 22.1. The summed E-state index contributed by atoms with van der Waals surface area (Å²) in [5.74, 6) is -0.0198. The molecule has 2 unspecified atom stereocenters. The number of nitrogens with zero attached hydrogens (tertiary/aromatic N) is 2. The maximum Gasteiger partial charge on any atom is 0.211 e. The first-order valence-corrected chi connectivity index (χ1v) is 16.9. The van der Waals surface area contributed by atoms with Crippen molar-refractivity contribution in [1.82, 2.24) is 4.72 Å². The number of rotatable bonds is 25. The Morgan fingerprint density at radius 1 is 0.857 bits per heavy atom. The first-order valence-electron chi connectivity index (χ1n) is 14.0. The summed E-state index contributed by atoms with van der Waals surface area (Å²) in [4.78, 5) is 0. The van der Waals surface area contributed by atoms with Crippen LogP contribution in [-0.4, -0.2) is 63.6 Å². The van der Waals surface area contributed by atoms with Crippen molar-refractivity contribution in [3.8, 4) is 6.07 Å². The number of halogens is 1. The van der Waals surface area contributed by atoms with Crippen LogP contribution < -0.4 is 4.72 Å². The fourth-order valence-electron chi connectivity index (χ4n) is 4.04. The van der Waals surface area contributed by atoms with Crippen LogP contribution >= 0.6 is 22.6 Å². The van der Waals surface area contributed by atoms with Crippen LogP contribution in [-0.2, 0) is 14.8 Å². The number of unbranched alkanes of at least 4 members (excludes halogenated alkanes) is 13. The van der Waals surface area contributed by atoms with E-state index in [0.717, 1.165) is 17.4 Å². The van der Waals surface area contributed by atoms with E-state index in [1.54, 1.807) is 0 Å². The van der Waals surface area contributed by atoms with E-state index in [-0.39, 0.29) is 28.7 Å². The second-order valence-corrected chi connectivity index (χ2v) is 14.1. The van der Waals surface area contributed by atoms with Crippen LogP contribution in [0, 0.1) is 17.2 Å². The highest BCUT2D eigenvalue weighted by atomic mass is 127. The first-order chi connectivity index (χ1) is 16.6. The lowest BCUT2D eigenvalue weighted by Crippen LogP contribution is -2.38. The minimum atomic E-state index is -3.33. The summed E-state index contributed by atoms with van der Waals surface area (Å²) < 4.78 is 33.9. The number of alkyl halides is 1. The van der Waals surface area contributed by atoms with Gasteiger partial charge in [0.25, 0.3) is 0 Å². The van der Waals surface area contributed by atoms with Crippen LogP contribution in [0.3, 0.4) is 0 Å². The molecule has 0 bridgehead atoms. The molecule has 0 aliphatic carbocycles. The van der Waals surface area contributed by atoms with Crippen LogP contribution in [0.1, 0.15) is 110 Å². The van der Waals surface area contributed by atoms with Crippen molar-refractivity contribution < 1.29 is 17.6 Å². The molecular weight excluding hydrogens is 573 g/mol. The molecule has 0 aromatic heterocycles. The van der Waals surface area contributed by atoms with Crippen molar-refractivity contribution in [2.75, 3.05) is 46.6 Å². The summed E-state index contributed by atoms with van der Waals surface area (Å²) in [7, 11) is 2.83. The molecule has 0 aliphatic heterocycles. The molecule has 0 saturated carbocycles. The van der Waals surface area contributed by atoms with Crippen LogP contribution in [0.2, 0.25) is 0 Å². The van der Waals surface area contributed by atoms with E-state index in [1.807, 2.05) is 0 Å². The van der Waals surface area contributed by atoms with E-state index in [0.29, 0.717) is 13.0 Å². The average molecular weight is 629 g/mol. The number of quaternary nitrogens is 1. The van der Waals surface area contributed by atoms with E-state index >= 15 is 0 Å². The Morgan fingerprint density at radius 3 is 1.80 bits per heavy atom. The molecule has 0 heterocycles. The largest absolute Gasteiger partial charge is 0.367 e. The van der Waals surface area contributed by atoms with Crippen molar-refractivity contribution >= 4 is 32.6 Å². The summed E-state index contributed by atoms with van der Waals surface area (Å²) in [6.45, 7) is 4.00. The average Bonchev–Trinajstić information content (AvgIpc) is 2.78. The number of sulfonamides is 1. The van der Waals surface area contributed by atoms with Gasteiger partial charge in [0.2, 0.25) is 10.0 Å². The SMILES string of the molecule is CCCCCCCCCCCCCCCCOC(I)C(CC#N)CNS(=O)(=O)CCC[N+](C)(C)C. The van der Waals surface area contributed by atoms with E-state index < -0.39 is 10.0 Å². The normalized spacial score (nSPS) is 14.1. The fraction of sp³-hybridized carbons (Fsp3) is 0.963. The molecule has 8 heteroatoms. The van der Waals surface area contributed by atoms with E-state index in [4.69, 9.17) is 10.00 Å². The monoisotopic (exact) mass is 628 g/mol. The molecule has 35 heavy (non-hydrogen) atoms. The number of hydrogen-bond acceptors (Lipinski definition) is 4. The van der Waals surface area contributed by atoms with Crippen LogP contribution in [0.25, 0.3) is 0 Å². The highest BCUT2D eigenvalue weighted by molar-refractivity contribution is 14.1. The molecule has 0 fully saturated rings. The minimum absolute atomic E-state index is 0.119. The van der Waals surface area contributed by atoms with Crippen LogP contribution in [0.4, 0.5) is 0 Å². The van der Waals surface area contributed by atoms with Crippen molar-refractivity contribution in [3.05, 3.63) is 0 Å². The molecule has 1 N–H and O–H groups in total. The zero-order chi connectivity index (χ0) is 26.4. The van der Waals surface area contributed by atoms with Gasteiger partial charge >= 0.3 is 0 Å². The summed E-state index contributed by atoms with van der Waals surface area (Å²) in [5.41, 5.74) is 0. The summed E-state index contributed by atoms with van der Waals surface area (Å²) in [6, 6.07) is 2.18. The molecular formula is C27H55IN3O3S+. The topological polar surface area (TPSA) is 79.2 Å². The minimum Gasteiger partial charge on any atom is -0.367 e. The Balaban J connectivity index is 3.84. The molecule has 0 spiro atoms. The van der Waals surface area contributed by atoms with Gasteiger partial charge in [-0.15, -0.1) is 0 Å². The summed E-state index contributed by atoms with van der Waals surface area (Å²) in [6.07, 6.45) is 19.5. The molecule has 0 aromatic carbocycles. The lowest BCUT2D eigenvalue weighted by molar-refractivity contribution is -0.870. The van der Waals surface area contributed by atoms with Crippen LogP contribution in [0.15, 0.2) is 0 Å². The Labute approximate surface area is 231 Å². The Morgan fingerprint density at radius 2 is 1.34 bits per heavy atom. The third-order valence-corrected chi connectivity index (χ3v) is 9.12. The van der Waals surface area contributed by atoms with Gasteiger partial charge in [0, 0.05) is 31.9 Å². The van der Waals surface area contributed by atoms with Gasteiger partial charge in [-0.2, -0.15) is 5.26 Å². The number of nitrogens with one attached hydrogen (secondary N) is 1. The summed E-state index contributed by atoms with van der Waals surface area (Å²) in [5, 5.41) is 9.16. The molecule has 0 aromatic rings. The van der Waals surface area contributed by atoms with Gasteiger partial charge in [0.05, 0.1) is 39.5 Å². The van der Waals surface area contributed by atoms with Gasteiger partial charge in [-0.3, -0.25) is 0 Å². The third-order valence-electron chi connectivity index (χ3n) is 6.31. The van der Waals surface area contributed by atoms with Crippen molar-refractivity contribution in [2.45, 2.75) is 114 Å². The van der Waals surface area contributed by atoms with Crippen LogP contribution in [0.5, 0.6) is 0 Å². The highest BCUT2D eigenvalue weighted by Crippen LogP contribution is 2.20. The third kappa shape index (κ3) is 24.2. The second kappa shape index (κ2) is 22.1. The highest BCUT2D eigenvalue weighted by Gasteiger charge is 2.22. The van der Waals surface area contributed by atoms with Gasteiger partial charge in [-0.25, -0.2) is 13.1 Å². The van der Waals surface area contributed by atoms with Gasteiger partial charge in [-0.05, 0) is 6.42 Å². The van der Waals surface area contributed by atoms with Crippen molar-refractivity contribution in [2.24, 2.45) is 5.92 Å². The molecule has 6 nitrogen and oxygen atoms in total. The predicted octanol–water partition coefficient (Wildman–Crippen LogP) is 6.79. The van der Waals surface area contributed by atoms with Gasteiger partial charge in [0.1, 0.15) is 4.11 Å². The first kappa shape index (κ1) is 35.0. The lowest BCUT2D eigenvalue weighted by atomic mass is 10.0. The van der Waals surface area contributed by atoms with Crippen molar-refractivity contribution in [3.63, 3.8) is 0 Å². The smallest absolute Gasteiger partial charge is 0.211 e. The van der Waals surface area contributed by atoms with Gasteiger partial charge < -0.3 is 9.22 Å².